The second-order valence-corrected chi connectivity index (χ2v) is 13.2. The van der Waals surface area contributed by atoms with E-state index in [-0.39, 0.29) is 41.8 Å². The first-order chi connectivity index (χ1) is 25.9. The number of hydrogen-bond donors (Lipinski definition) is 1. The molecule has 0 aromatic heterocycles. The first-order valence-electron chi connectivity index (χ1n) is 18.0. The Hall–Kier alpha value is -5.49. The average molecular weight is 746 g/mol. The Morgan fingerprint density at radius 1 is 0.833 bits per heavy atom. The molecule has 0 bridgehead atoms. The zero-order valence-corrected chi connectivity index (χ0v) is 31.6. The quantitative estimate of drug-likeness (QED) is 0.0437. The monoisotopic (exact) mass is 745 g/mol. The molecule has 2 aliphatic rings. The van der Waals surface area contributed by atoms with Gasteiger partial charge in [0.05, 0.1) is 24.7 Å². The van der Waals surface area contributed by atoms with E-state index in [1.54, 1.807) is 25.2 Å². The topological polar surface area (TPSA) is 157 Å². The third kappa shape index (κ3) is 16.9. The summed E-state index contributed by atoms with van der Waals surface area (Å²) in [4.78, 5) is 48.1. The fourth-order valence-electron chi connectivity index (χ4n) is 4.92. The van der Waals surface area contributed by atoms with E-state index >= 15 is 0 Å². The Labute approximate surface area is 317 Å². The Balaban J connectivity index is 1.46. The Morgan fingerprint density at radius 3 is 2.07 bits per heavy atom. The molecule has 54 heavy (non-hydrogen) atoms. The zero-order valence-electron chi connectivity index (χ0n) is 31.6. The normalized spacial score (nSPS) is 14.9. The van der Waals surface area contributed by atoms with E-state index < -0.39 is 24.0 Å². The molecule has 3 rings (SSSR count). The van der Waals surface area contributed by atoms with Crippen molar-refractivity contribution in [3.63, 3.8) is 0 Å². The molecule has 12 nitrogen and oxygen atoms in total. The number of rotatable bonds is 21. The van der Waals surface area contributed by atoms with Crippen LogP contribution in [-0.4, -0.2) is 68.2 Å². The van der Waals surface area contributed by atoms with Crippen molar-refractivity contribution in [2.75, 3.05) is 26.4 Å². The molecular weight excluding hydrogens is 694 g/mol. The summed E-state index contributed by atoms with van der Waals surface area (Å²) in [5, 5.41) is 7.77. The maximum Gasteiger partial charge on any atom is 0.336 e. The van der Waals surface area contributed by atoms with Gasteiger partial charge in [-0.05, 0) is 88.0 Å². The van der Waals surface area contributed by atoms with Gasteiger partial charge in [0.2, 0.25) is 0 Å². The molecule has 1 aromatic rings. The van der Waals surface area contributed by atoms with Gasteiger partial charge in [-0.15, -0.1) is 0 Å². The first-order valence-corrected chi connectivity index (χ1v) is 18.0. The van der Waals surface area contributed by atoms with Gasteiger partial charge >= 0.3 is 23.9 Å². The number of ether oxygens (including phenoxy) is 7. The fourth-order valence-corrected chi connectivity index (χ4v) is 4.92. The Kier molecular flexibility index (Phi) is 17.9. The number of nitrogens with one attached hydrogen (secondary N) is 1. The molecule has 0 saturated heterocycles. The summed E-state index contributed by atoms with van der Waals surface area (Å²) in [5.41, 5.74) is 1.83. The molecule has 0 aliphatic heterocycles. The molecule has 2 aliphatic carbocycles. The minimum absolute atomic E-state index is 0.0832. The predicted octanol–water partition coefficient (Wildman–Crippen LogP) is 7.50. The summed E-state index contributed by atoms with van der Waals surface area (Å²) in [6, 6.07) is 4.40. The van der Waals surface area contributed by atoms with Crippen molar-refractivity contribution in [2.24, 2.45) is 0 Å². The van der Waals surface area contributed by atoms with Gasteiger partial charge in [-0.3, -0.25) is 4.79 Å². The van der Waals surface area contributed by atoms with E-state index in [1.807, 2.05) is 39.0 Å². The lowest BCUT2D eigenvalue weighted by Crippen LogP contribution is -2.28. The van der Waals surface area contributed by atoms with Crippen molar-refractivity contribution >= 4 is 30.1 Å². The van der Waals surface area contributed by atoms with Gasteiger partial charge in [0.15, 0.2) is 6.10 Å². The van der Waals surface area contributed by atoms with Crippen LogP contribution in [0.15, 0.2) is 102 Å². The number of hydrogen-bond acceptors (Lipinski definition) is 12. The van der Waals surface area contributed by atoms with Gasteiger partial charge in [0.25, 0.3) is 0 Å². The molecule has 1 atom stereocenters. The third-order valence-electron chi connectivity index (χ3n) is 7.60. The average Bonchev–Trinajstić information content (AvgIpc) is 3.15. The molecule has 12 heteroatoms. The van der Waals surface area contributed by atoms with Crippen LogP contribution in [0.3, 0.4) is 0 Å². The second-order valence-electron chi connectivity index (χ2n) is 13.2. The molecular formula is C42H51NO11. The van der Waals surface area contributed by atoms with Crippen LogP contribution in [-0.2, 0) is 42.9 Å². The number of esters is 4. The lowest BCUT2D eigenvalue weighted by molar-refractivity contribution is -0.149. The molecule has 0 spiro atoms. The highest BCUT2D eigenvalue weighted by Gasteiger charge is 2.18. The second kappa shape index (κ2) is 22.5. The minimum atomic E-state index is -0.649. The van der Waals surface area contributed by atoms with E-state index in [4.69, 9.17) is 38.6 Å². The molecule has 0 heterocycles. The van der Waals surface area contributed by atoms with Crippen LogP contribution in [0.5, 0.6) is 11.5 Å². The summed E-state index contributed by atoms with van der Waals surface area (Å²) in [5.74, 6) is -0.112. The lowest BCUT2D eigenvalue weighted by atomic mass is 10.0. The maximum atomic E-state index is 12.6. The largest absolute Gasteiger partial charge is 0.494 e. The predicted molar refractivity (Wildman–Crippen MR) is 203 cm³/mol. The molecule has 0 radical (unpaired) electrons. The maximum absolute atomic E-state index is 12.6. The Morgan fingerprint density at radius 2 is 1.48 bits per heavy atom. The summed E-state index contributed by atoms with van der Waals surface area (Å²) in [6.07, 6.45) is 19.1. The van der Waals surface area contributed by atoms with Crippen molar-refractivity contribution in [2.45, 2.75) is 84.3 Å². The summed E-state index contributed by atoms with van der Waals surface area (Å²) in [6.45, 7) is 12.1. The van der Waals surface area contributed by atoms with Crippen LogP contribution in [0.2, 0.25) is 0 Å². The summed E-state index contributed by atoms with van der Waals surface area (Å²) < 4.78 is 38.7. The molecule has 0 fully saturated rings. The van der Waals surface area contributed by atoms with Crippen LogP contribution in [0.1, 0.15) is 78.2 Å². The summed E-state index contributed by atoms with van der Waals surface area (Å²) >= 11 is 0. The fraction of sp³-hybridized carbons (Fsp3) is 0.405. The van der Waals surface area contributed by atoms with E-state index in [9.17, 15) is 19.2 Å². The van der Waals surface area contributed by atoms with Gasteiger partial charge in [0.1, 0.15) is 23.7 Å². The number of benzene rings is 1. The van der Waals surface area contributed by atoms with Crippen molar-refractivity contribution < 1.29 is 52.3 Å². The lowest BCUT2D eigenvalue weighted by Gasteiger charge is -2.25. The highest BCUT2D eigenvalue weighted by molar-refractivity contribution is 5.89. The zero-order chi connectivity index (χ0) is 39.3. The van der Waals surface area contributed by atoms with Crippen LogP contribution >= 0.6 is 0 Å². The van der Waals surface area contributed by atoms with Gasteiger partial charge in [-0.2, -0.15) is 0 Å². The summed E-state index contributed by atoms with van der Waals surface area (Å²) in [7, 11) is 0. The van der Waals surface area contributed by atoms with E-state index in [0.717, 1.165) is 42.0 Å². The molecule has 0 saturated carbocycles. The Bertz CT molecular complexity index is 1690. The smallest absolute Gasteiger partial charge is 0.336 e. The molecule has 1 aromatic carbocycles. The molecule has 1 N–H and O–H groups in total. The third-order valence-corrected chi connectivity index (χ3v) is 7.60. The number of carbonyl (C=O) groups excluding carboxylic acids is 4. The van der Waals surface area contributed by atoms with Crippen LogP contribution < -0.4 is 9.47 Å². The number of allylic oxidation sites excluding steroid dienone is 10. The van der Waals surface area contributed by atoms with E-state index in [0.29, 0.717) is 51.1 Å². The van der Waals surface area contributed by atoms with Crippen molar-refractivity contribution in [3.05, 3.63) is 108 Å². The van der Waals surface area contributed by atoms with Crippen LogP contribution in [0, 0.1) is 5.41 Å². The van der Waals surface area contributed by atoms with Crippen molar-refractivity contribution in [1.29, 1.82) is 5.41 Å². The molecule has 0 amide bonds. The minimum Gasteiger partial charge on any atom is -0.494 e. The van der Waals surface area contributed by atoms with Gasteiger partial charge in [-0.1, -0.05) is 37.8 Å². The standard InChI is InChI=1S/C42H51NO11/c1-6-38(44)49-25-9-8-24-48-28-36(52-39(45)7-2)29-50-33-16-10-30(11-17-33)15-23-41(47)53-37-21-20-35(26-32(37)27-43)51-40(46)22-14-31-12-18-34(19-13-31)54-42(3,4)5/h7,10,12,14-16,18,20-23,26-27,36,43H,2,6,8-9,11,13,17,19,24-25,28-29H2,1,3-5H3/b22-14+,23-15+,43-27?. The molecule has 290 valence electrons. The highest BCUT2D eigenvalue weighted by Crippen LogP contribution is 2.26. The van der Waals surface area contributed by atoms with E-state index in [2.05, 4.69) is 6.58 Å². The van der Waals surface area contributed by atoms with E-state index in [1.165, 1.54) is 30.4 Å². The number of carbonyl (C=O) groups is 4. The van der Waals surface area contributed by atoms with Crippen LogP contribution in [0.4, 0.5) is 0 Å². The first kappa shape index (κ1) is 42.9. The van der Waals surface area contributed by atoms with Crippen molar-refractivity contribution in [3.8, 4) is 11.5 Å². The SMILES string of the molecule is C=CC(=O)OC(COCCCCOC(=O)CC)COC1=CC=C(/C=C/C(=O)Oc2ccc(OC(=O)/C=C/C3=CC=C(OC(C)(C)C)CC3)cc2C=N)CC1. The van der Waals surface area contributed by atoms with Gasteiger partial charge in [-0.25, -0.2) is 14.4 Å². The van der Waals surface area contributed by atoms with Gasteiger partial charge < -0.3 is 38.6 Å². The number of unbranched alkanes of at least 4 members (excludes halogenated alkanes) is 1. The highest BCUT2D eigenvalue weighted by atomic mass is 16.6. The van der Waals surface area contributed by atoms with Gasteiger partial charge in [0, 0.05) is 55.9 Å². The van der Waals surface area contributed by atoms with Crippen molar-refractivity contribution in [1.82, 2.24) is 0 Å². The molecule has 1 unspecified atom stereocenters. The van der Waals surface area contributed by atoms with Crippen LogP contribution in [0.25, 0.3) is 0 Å².